The highest BCUT2D eigenvalue weighted by Crippen LogP contribution is 2.34. The molecule has 1 nitrogen and oxygen atoms in total. The lowest BCUT2D eigenvalue weighted by Gasteiger charge is -2.20. The van der Waals surface area contributed by atoms with Crippen LogP contribution in [0.25, 0.3) is 11.3 Å². The van der Waals surface area contributed by atoms with Crippen LogP contribution < -0.4 is 0 Å². The van der Waals surface area contributed by atoms with E-state index in [0.717, 1.165) is 6.07 Å². The van der Waals surface area contributed by atoms with Crippen molar-refractivity contribution < 1.29 is 8.78 Å². The number of benzene rings is 1. The van der Waals surface area contributed by atoms with E-state index in [2.05, 4.69) is 4.98 Å². The van der Waals surface area contributed by atoms with Gasteiger partial charge in [-0.2, -0.15) is 0 Å². The van der Waals surface area contributed by atoms with E-state index in [1.54, 1.807) is 24.4 Å². The van der Waals surface area contributed by atoms with Gasteiger partial charge in [0.05, 0.1) is 5.69 Å². The molecule has 0 amide bonds. The molecule has 0 aliphatic rings. The molecule has 19 heavy (non-hydrogen) atoms. The maximum Gasteiger partial charge on any atom is 0.135 e. The van der Waals surface area contributed by atoms with Crippen LogP contribution in [0.1, 0.15) is 32.3 Å². The third kappa shape index (κ3) is 2.80. The van der Waals surface area contributed by atoms with Gasteiger partial charge in [-0.1, -0.05) is 26.8 Å². The Balaban J connectivity index is 2.65. The van der Waals surface area contributed by atoms with Crippen molar-refractivity contribution in [2.45, 2.75) is 26.7 Å². The van der Waals surface area contributed by atoms with Crippen LogP contribution in [-0.2, 0) is 0 Å². The molecule has 0 bridgehead atoms. The lowest BCUT2D eigenvalue weighted by atomic mass is 9.86. The standard InChI is InChI=1S/C16H17F2N/c1-10(2)11(3)13-8-12(17)9-14(18)16(13)15-6-4-5-7-19-15/h4-11H,1-3H3. The summed E-state index contributed by atoms with van der Waals surface area (Å²) >= 11 is 0. The fourth-order valence-electron chi connectivity index (χ4n) is 2.09. The summed E-state index contributed by atoms with van der Waals surface area (Å²) in [5.74, 6) is -0.744. The smallest absolute Gasteiger partial charge is 0.135 e. The predicted octanol–water partition coefficient (Wildman–Crippen LogP) is 4.79. The maximum absolute atomic E-state index is 14.1. The summed E-state index contributed by atoms with van der Waals surface area (Å²) in [7, 11) is 0. The topological polar surface area (TPSA) is 12.9 Å². The Kier molecular flexibility index (Phi) is 3.93. The van der Waals surface area contributed by atoms with Crippen molar-refractivity contribution >= 4 is 0 Å². The largest absolute Gasteiger partial charge is 0.256 e. The lowest BCUT2D eigenvalue weighted by molar-refractivity contribution is 0.522. The van der Waals surface area contributed by atoms with Gasteiger partial charge in [-0.3, -0.25) is 4.98 Å². The van der Waals surface area contributed by atoms with E-state index in [1.165, 1.54) is 6.07 Å². The average Bonchev–Trinajstić information content (AvgIpc) is 2.37. The molecule has 0 spiro atoms. The highest BCUT2D eigenvalue weighted by atomic mass is 19.1. The first-order chi connectivity index (χ1) is 9.00. The van der Waals surface area contributed by atoms with Crippen LogP contribution in [0.4, 0.5) is 8.78 Å². The number of pyridine rings is 1. The SMILES string of the molecule is CC(C)C(C)c1cc(F)cc(F)c1-c1ccccn1. The minimum Gasteiger partial charge on any atom is -0.256 e. The second kappa shape index (κ2) is 5.47. The molecule has 1 unspecified atom stereocenters. The average molecular weight is 261 g/mol. The lowest BCUT2D eigenvalue weighted by Crippen LogP contribution is -2.06. The van der Waals surface area contributed by atoms with Gasteiger partial charge in [-0.15, -0.1) is 0 Å². The molecule has 0 radical (unpaired) electrons. The van der Waals surface area contributed by atoms with Gasteiger partial charge in [0.25, 0.3) is 0 Å². The minimum atomic E-state index is -0.554. The van der Waals surface area contributed by atoms with E-state index in [9.17, 15) is 8.78 Å². The highest BCUT2D eigenvalue weighted by Gasteiger charge is 2.20. The van der Waals surface area contributed by atoms with Gasteiger partial charge in [-0.05, 0) is 35.6 Å². The molecular weight excluding hydrogens is 244 g/mol. The van der Waals surface area contributed by atoms with Crippen molar-refractivity contribution in [3.8, 4) is 11.3 Å². The molecule has 1 aromatic carbocycles. The fourth-order valence-corrected chi connectivity index (χ4v) is 2.09. The molecule has 0 saturated heterocycles. The summed E-state index contributed by atoms with van der Waals surface area (Å²) in [4.78, 5) is 4.18. The monoisotopic (exact) mass is 261 g/mol. The van der Waals surface area contributed by atoms with E-state index >= 15 is 0 Å². The van der Waals surface area contributed by atoms with Crippen molar-refractivity contribution in [1.82, 2.24) is 4.98 Å². The van der Waals surface area contributed by atoms with Gasteiger partial charge in [0.2, 0.25) is 0 Å². The number of nitrogens with zero attached hydrogens (tertiary/aromatic N) is 1. The molecule has 100 valence electrons. The first-order valence-electron chi connectivity index (χ1n) is 6.41. The Morgan fingerprint density at radius 2 is 1.79 bits per heavy atom. The van der Waals surface area contributed by atoms with Crippen LogP contribution >= 0.6 is 0 Å². The van der Waals surface area contributed by atoms with Crippen LogP contribution in [0.2, 0.25) is 0 Å². The minimum absolute atomic E-state index is 0.0576. The Morgan fingerprint density at radius 1 is 1.05 bits per heavy atom. The van der Waals surface area contributed by atoms with Crippen molar-refractivity contribution in [3.05, 3.63) is 53.7 Å². The summed E-state index contributed by atoms with van der Waals surface area (Å²) in [6.07, 6.45) is 1.61. The Morgan fingerprint density at radius 3 is 2.37 bits per heavy atom. The molecule has 3 heteroatoms. The van der Waals surface area contributed by atoms with E-state index in [-0.39, 0.29) is 5.92 Å². The van der Waals surface area contributed by atoms with Crippen LogP contribution in [0.15, 0.2) is 36.5 Å². The number of hydrogen-bond acceptors (Lipinski definition) is 1. The van der Waals surface area contributed by atoms with Crippen LogP contribution in [0.3, 0.4) is 0 Å². The van der Waals surface area contributed by atoms with E-state index < -0.39 is 11.6 Å². The molecule has 0 aliphatic heterocycles. The first-order valence-corrected chi connectivity index (χ1v) is 6.41. The third-order valence-electron chi connectivity index (χ3n) is 3.50. The molecule has 0 saturated carbocycles. The molecule has 1 aromatic heterocycles. The van der Waals surface area contributed by atoms with Gasteiger partial charge >= 0.3 is 0 Å². The Labute approximate surface area is 112 Å². The molecule has 0 N–H and O–H groups in total. The molecule has 0 fully saturated rings. The van der Waals surface area contributed by atoms with E-state index in [4.69, 9.17) is 0 Å². The fraction of sp³-hybridized carbons (Fsp3) is 0.312. The number of rotatable bonds is 3. The zero-order valence-corrected chi connectivity index (χ0v) is 11.3. The maximum atomic E-state index is 14.1. The summed E-state index contributed by atoms with van der Waals surface area (Å²) in [5, 5.41) is 0. The molecule has 1 atom stereocenters. The second-order valence-electron chi connectivity index (χ2n) is 5.10. The van der Waals surface area contributed by atoms with Crippen molar-refractivity contribution in [3.63, 3.8) is 0 Å². The van der Waals surface area contributed by atoms with Crippen molar-refractivity contribution in [2.75, 3.05) is 0 Å². The van der Waals surface area contributed by atoms with Crippen molar-refractivity contribution in [2.24, 2.45) is 5.92 Å². The van der Waals surface area contributed by atoms with Gasteiger partial charge in [0.15, 0.2) is 0 Å². The Hall–Kier alpha value is -1.77. The van der Waals surface area contributed by atoms with Crippen LogP contribution in [0, 0.1) is 17.6 Å². The number of aromatic nitrogens is 1. The van der Waals surface area contributed by atoms with E-state index in [0.29, 0.717) is 22.7 Å². The van der Waals surface area contributed by atoms with Crippen molar-refractivity contribution in [1.29, 1.82) is 0 Å². The molecule has 1 heterocycles. The van der Waals surface area contributed by atoms with Crippen LogP contribution in [-0.4, -0.2) is 4.98 Å². The second-order valence-corrected chi connectivity index (χ2v) is 5.10. The zero-order valence-electron chi connectivity index (χ0n) is 11.3. The predicted molar refractivity (Wildman–Crippen MR) is 72.8 cm³/mol. The van der Waals surface area contributed by atoms with Gasteiger partial charge < -0.3 is 0 Å². The molecule has 2 rings (SSSR count). The molecular formula is C16H17F2N. The van der Waals surface area contributed by atoms with Crippen LogP contribution in [0.5, 0.6) is 0 Å². The Bertz CT molecular complexity index is 564. The molecule has 2 aromatic rings. The summed E-state index contributed by atoms with van der Waals surface area (Å²) in [5.41, 5.74) is 1.62. The zero-order chi connectivity index (χ0) is 14.0. The number of halogens is 2. The van der Waals surface area contributed by atoms with Gasteiger partial charge in [-0.25, -0.2) is 8.78 Å². The molecule has 0 aliphatic carbocycles. The number of hydrogen-bond donors (Lipinski definition) is 0. The highest BCUT2D eigenvalue weighted by molar-refractivity contribution is 5.65. The normalized spacial score (nSPS) is 12.7. The summed E-state index contributed by atoms with van der Waals surface area (Å²) in [6.45, 7) is 6.05. The summed E-state index contributed by atoms with van der Waals surface area (Å²) in [6, 6.07) is 7.65. The van der Waals surface area contributed by atoms with Gasteiger partial charge in [0.1, 0.15) is 11.6 Å². The van der Waals surface area contributed by atoms with Gasteiger partial charge in [0, 0.05) is 17.8 Å². The third-order valence-corrected chi connectivity index (χ3v) is 3.50. The summed E-state index contributed by atoms with van der Waals surface area (Å²) < 4.78 is 27.6. The first kappa shape index (κ1) is 13.7. The quantitative estimate of drug-likeness (QED) is 0.774. The van der Waals surface area contributed by atoms with E-state index in [1.807, 2.05) is 20.8 Å².